The summed E-state index contributed by atoms with van der Waals surface area (Å²) in [5, 5.41) is 38.9. The predicted octanol–water partition coefficient (Wildman–Crippen LogP) is 6.28. The monoisotopic (exact) mass is 868 g/mol. The Morgan fingerprint density at radius 1 is 0.852 bits per heavy atom. The number of anilines is 3. The second-order valence-electron chi connectivity index (χ2n) is 15.3. The van der Waals surface area contributed by atoms with E-state index in [0.717, 1.165) is 61.6 Å². The second-order valence-corrected chi connectivity index (χ2v) is 17.4. The van der Waals surface area contributed by atoms with Gasteiger partial charge in [-0.25, -0.2) is 18.6 Å². The molecule has 2 fully saturated rings. The first kappa shape index (κ1) is 41.6. The fourth-order valence-corrected chi connectivity index (χ4v) is 10.1. The average Bonchev–Trinajstić information content (AvgIpc) is 3.90. The zero-order chi connectivity index (χ0) is 42.8. The number of halogens is 2. The summed E-state index contributed by atoms with van der Waals surface area (Å²) < 4.78 is 29.6. The molecule has 5 aromatic heterocycles. The van der Waals surface area contributed by atoms with Crippen LogP contribution in [0, 0.1) is 11.6 Å². The highest BCUT2D eigenvalue weighted by atomic mass is 32.2. The molecule has 61 heavy (non-hydrogen) atoms. The average molecular weight is 869 g/mol. The molecule has 2 aliphatic carbocycles. The van der Waals surface area contributed by atoms with Crippen LogP contribution in [0.25, 0.3) is 0 Å². The maximum absolute atomic E-state index is 14.8. The number of nitrogens with zero attached hydrogens (tertiary/aromatic N) is 9. The van der Waals surface area contributed by atoms with Crippen molar-refractivity contribution in [3.63, 3.8) is 0 Å². The van der Waals surface area contributed by atoms with Crippen LogP contribution in [0.2, 0.25) is 0 Å². The molecule has 20 heteroatoms. The van der Waals surface area contributed by atoms with Crippen LogP contribution in [0.3, 0.4) is 0 Å². The van der Waals surface area contributed by atoms with Gasteiger partial charge < -0.3 is 26.0 Å². The molecule has 0 bridgehead atoms. The van der Waals surface area contributed by atoms with E-state index in [1.54, 1.807) is 73.2 Å². The summed E-state index contributed by atoms with van der Waals surface area (Å²) in [6.07, 6.45) is 11.0. The third-order valence-electron chi connectivity index (χ3n) is 11.7. The van der Waals surface area contributed by atoms with Gasteiger partial charge in [0, 0.05) is 56.0 Å². The van der Waals surface area contributed by atoms with Crippen LogP contribution >= 0.6 is 23.1 Å². The van der Waals surface area contributed by atoms with E-state index in [1.807, 2.05) is 0 Å². The van der Waals surface area contributed by atoms with E-state index in [-0.39, 0.29) is 39.7 Å². The molecule has 2 unspecified atom stereocenters. The number of aromatic nitrogens is 7. The molecule has 16 nitrogen and oxygen atoms in total. The first-order chi connectivity index (χ1) is 29.5. The first-order valence-electron chi connectivity index (χ1n) is 19.8. The number of hydrogen-bond acceptors (Lipinski definition) is 15. The number of nitrogens with one attached hydrogen (secondary N) is 3. The normalized spacial score (nSPS) is 19.0. The number of aromatic carboxylic acids is 1. The molecule has 1 aliphatic heterocycles. The molecule has 8 rings (SSSR count). The molecule has 2 amide bonds. The molecule has 3 aliphatic rings. The van der Waals surface area contributed by atoms with Crippen LogP contribution in [-0.4, -0.2) is 88.3 Å². The number of hydrogen-bond donors (Lipinski definition) is 4. The number of carbonyl (C=O) groups is 3. The number of rotatable bonds is 16. The van der Waals surface area contributed by atoms with Crippen LogP contribution in [0.5, 0.6) is 0 Å². The van der Waals surface area contributed by atoms with Crippen molar-refractivity contribution in [1.82, 2.24) is 45.6 Å². The number of likely N-dealkylation sites (N-methyl/N-ethyl adjacent to an activating group) is 1. The van der Waals surface area contributed by atoms with Gasteiger partial charge in [0.1, 0.15) is 34.2 Å². The van der Waals surface area contributed by atoms with E-state index in [4.69, 9.17) is 0 Å². The highest BCUT2D eigenvalue weighted by Crippen LogP contribution is 2.50. The lowest BCUT2D eigenvalue weighted by atomic mass is 9.66. The number of carbonyl (C=O) groups excluding carboxylic acids is 2. The topological polar surface area (TPSA) is 204 Å². The number of amides is 2. The predicted molar refractivity (Wildman–Crippen MR) is 225 cm³/mol. The van der Waals surface area contributed by atoms with E-state index >= 15 is 0 Å². The fraction of sp³-hybridized carbons (Fsp3) is 0.366. The number of thioether (sulfide) groups is 1. The molecule has 5 aromatic rings. The van der Waals surface area contributed by atoms with Gasteiger partial charge >= 0.3 is 5.97 Å². The molecule has 316 valence electrons. The van der Waals surface area contributed by atoms with Crippen LogP contribution in [-0.2, 0) is 15.6 Å². The SMILES string of the molecule is CCC(=O)N(C)C(c1ccc(NCC2(c3ncccc3F)CCC2)nn1)C1(NC(=O)c2ccc(NCC3(c4ncccc4F)CCC3)nn2)SC=CN1c1ncc(C(=O)O)s1. The van der Waals surface area contributed by atoms with Crippen molar-refractivity contribution < 1.29 is 28.3 Å². The number of carboxylic acids is 1. The van der Waals surface area contributed by atoms with Gasteiger partial charge in [-0.1, -0.05) is 42.9 Å². The zero-order valence-corrected chi connectivity index (χ0v) is 34.8. The van der Waals surface area contributed by atoms with Crippen molar-refractivity contribution in [2.45, 2.75) is 73.7 Å². The van der Waals surface area contributed by atoms with Crippen molar-refractivity contribution in [3.8, 4) is 0 Å². The van der Waals surface area contributed by atoms with Crippen molar-refractivity contribution in [3.05, 3.63) is 118 Å². The third kappa shape index (κ3) is 7.96. The molecule has 4 N–H and O–H groups in total. The Hall–Kier alpha value is -6.15. The maximum Gasteiger partial charge on any atom is 0.347 e. The van der Waals surface area contributed by atoms with Gasteiger partial charge in [-0.05, 0) is 79.6 Å². The van der Waals surface area contributed by atoms with E-state index in [2.05, 4.69) is 51.3 Å². The molecule has 0 aromatic carbocycles. The Morgan fingerprint density at radius 2 is 1.46 bits per heavy atom. The number of thiazole rings is 1. The standard InChI is InChI=1S/C41H42F2N12O4S2/c1-3-32(56)54(2)35(27-10-12-30(52-50-27)47-23-39(14-6-15-39)33-25(42)8-4-18-44-33)41(55(20-21-60-41)38-46-22-29(61-38)37(58)59)49-36(57)28-11-13-31(53-51-28)48-24-40(16-7-17-40)34-26(43)9-5-19-45-34/h4-5,8-13,18-22,35H,3,6-7,14-17,23-24H2,1-2H3,(H,47,52)(H,48,53)(H,49,57)(H,58,59). The van der Waals surface area contributed by atoms with Crippen LogP contribution < -0.4 is 20.9 Å². The Bertz CT molecular complexity index is 2450. The van der Waals surface area contributed by atoms with E-state index in [1.165, 1.54) is 29.3 Å². The molecule has 0 radical (unpaired) electrons. The van der Waals surface area contributed by atoms with Crippen molar-refractivity contribution in [2.75, 3.05) is 35.7 Å². The summed E-state index contributed by atoms with van der Waals surface area (Å²) in [7, 11) is 1.59. The third-order valence-corrected chi connectivity index (χ3v) is 13.8. The van der Waals surface area contributed by atoms with Crippen LogP contribution in [0.1, 0.15) is 95.2 Å². The van der Waals surface area contributed by atoms with Gasteiger partial charge in [-0.2, -0.15) is 5.10 Å². The highest BCUT2D eigenvalue weighted by molar-refractivity contribution is 8.03. The second kappa shape index (κ2) is 17.1. The summed E-state index contributed by atoms with van der Waals surface area (Å²) >= 11 is 2.05. The number of pyridine rings is 2. The van der Waals surface area contributed by atoms with Crippen molar-refractivity contribution in [2.24, 2.45) is 0 Å². The minimum Gasteiger partial charge on any atom is -0.477 e. The Balaban J connectivity index is 1.08. The van der Waals surface area contributed by atoms with E-state index in [0.29, 0.717) is 41.8 Å². The van der Waals surface area contributed by atoms with Gasteiger partial charge in [0.15, 0.2) is 15.8 Å². The summed E-state index contributed by atoms with van der Waals surface area (Å²) in [4.78, 5) is 54.4. The molecule has 6 heterocycles. The zero-order valence-electron chi connectivity index (χ0n) is 33.2. The van der Waals surface area contributed by atoms with E-state index in [9.17, 15) is 28.3 Å². The highest BCUT2D eigenvalue weighted by Gasteiger charge is 2.53. The first-order valence-corrected chi connectivity index (χ1v) is 21.5. The van der Waals surface area contributed by atoms with Gasteiger partial charge in [-0.15, -0.1) is 15.3 Å². The largest absolute Gasteiger partial charge is 0.477 e. The van der Waals surface area contributed by atoms with Crippen LogP contribution in [0.15, 0.2) is 78.7 Å². The van der Waals surface area contributed by atoms with Gasteiger partial charge in [0.25, 0.3) is 5.91 Å². The molecular formula is C41H42F2N12O4S2. The van der Waals surface area contributed by atoms with Gasteiger partial charge in [0.05, 0.1) is 23.3 Å². The Labute approximate surface area is 357 Å². The maximum atomic E-state index is 14.8. The summed E-state index contributed by atoms with van der Waals surface area (Å²) in [6.45, 7) is 2.45. The Morgan fingerprint density at radius 3 is 1.93 bits per heavy atom. The molecule has 2 saturated carbocycles. The fourth-order valence-electron chi connectivity index (χ4n) is 8.08. The van der Waals surface area contributed by atoms with Gasteiger partial charge in [0.2, 0.25) is 5.91 Å². The molecular weight excluding hydrogens is 827 g/mol. The lowest BCUT2D eigenvalue weighted by Crippen LogP contribution is -2.63. The summed E-state index contributed by atoms with van der Waals surface area (Å²) in [5.41, 5.74) is 0.0565. The summed E-state index contributed by atoms with van der Waals surface area (Å²) in [5.74, 6) is -2.06. The van der Waals surface area contributed by atoms with Crippen LogP contribution in [0.4, 0.5) is 25.5 Å². The van der Waals surface area contributed by atoms with Gasteiger partial charge in [-0.3, -0.25) is 24.5 Å². The van der Waals surface area contributed by atoms with E-state index < -0.39 is 33.7 Å². The Kier molecular flexibility index (Phi) is 11.6. The lowest BCUT2D eigenvalue weighted by molar-refractivity contribution is -0.132. The minimum atomic E-state index is -1.61. The quantitative estimate of drug-likeness (QED) is 0.0863. The smallest absolute Gasteiger partial charge is 0.347 e. The summed E-state index contributed by atoms with van der Waals surface area (Å²) in [6, 6.07) is 11.4. The lowest BCUT2D eigenvalue weighted by Gasteiger charge is -2.46. The molecule has 0 saturated heterocycles. The number of carboxylic acid groups (broad SMARTS) is 1. The minimum absolute atomic E-state index is 0.0384. The molecule has 0 spiro atoms. The molecule has 2 atom stereocenters. The van der Waals surface area contributed by atoms with Crippen molar-refractivity contribution in [1.29, 1.82) is 0 Å². The van der Waals surface area contributed by atoms with Crippen molar-refractivity contribution >= 4 is 57.6 Å².